The van der Waals surface area contributed by atoms with Crippen LogP contribution >= 0.6 is 34.8 Å². The van der Waals surface area contributed by atoms with Gasteiger partial charge in [-0.15, -0.1) is 0 Å². The zero-order valence-corrected chi connectivity index (χ0v) is 15.7. The minimum Gasteiger partial charge on any atom is -0.494 e. The van der Waals surface area contributed by atoms with Gasteiger partial charge in [-0.1, -0.05) is 34.8 Å². The Morgan fingerprint density at radius 3 is 2.35 bits per heavy atom. The molecule has 0 aromatic heterocycles. The third-order valence-corrected chi connectivity index (χ3v) is 3.59. The minimum absolute atomic E-state index is 0.332. The molecule has 1 amide bonds. The SMILES string of the molecule is CCOc1ccc(C(=O)NC(NCCN(C)C)C(Cl)(Cl)Cl)cc1. The summed E-state index contributed by atoms with van der Waals surface area (Å²) in [7, 11) is 3.87. The van der Waals surface area contributed by atoms with E-state index >= 15 is 0 Å². The summed E-state index contributed by atoms with van der Waals surface area (Å²) in [6.07, 6.45) is -0.800. The molecule has 0 radical (unpaired) electrons. The van der Waals surface area contributed by atoms with Gasteiger partial charge in [0.2, 0.25) is 3.79 Å². The molecule has 23 heavy (non-hydrogen) atoms. The lowest BCUT2D eigenvalue weighted by Crippen LogP contribution is -2.54. The fourth-order valence-electron chi connectivity index (χ4n) is 1.76. The van der Waals surface area contributed by atoms with Gasteiger partial charge in [0.05, 0.1) is 6.61 Å². The summed E-state index contributed by atoms with van der Waals surface area (Å²) in [6.45, 7) is 3.77. The molecule has 130 valence electrons. The highest BCUT2D eigenvalue weighted by molar-refractivity contribution is 6.68. The molecular formula is C15H22Cl3N3O2. The first-order valence-electron chi connectivity index (χ1n) is 7.22. The van der Waals surface area contributed by atoms with Gasteiger partial charge in [-0.2, -0.15) is 0 Å². The molecule has 0 saturated heterocycles. The van der Waals surface area contributed by atoms with Crippen molar-refractivity contribution in [2.24, 2.45) is 0 Å². The van der Waals surface area contributed by atoms with Crippen molar-refractivity contribution in [1.29, 1.82) is 0 Å². The number of carbonyl (C=O) groups excluding carboxylic acids is 1. The van der Waals surface area contributed by atoms with Gasteiger partial charge in [0.25, 0.3) is 5.91 Å². The number of nitrogens with zero attached hydrogens (tertiary/aromatic N) is 1. The maximum Gasteiger partial charge on any atom is 0.252 e. The molecule has 1 aromatic rings. The number of rotatable bonds is 8. The van der Waals surface area contributed by atoms with Gasteiger partial charge in [0.15, 0.2) is 0 Å². The molecule has 1 atom stereocenters. The molecule has 1 unspecified atom stereocenters. The summed E-state index contributed by atoms with van der Waals surface area (Å²) in [4.78, 5) is 14.3. The van der Waals surface area contributed by atoms with E-state index < -0.39 is 9.96 Å². The Labute approximate surface area is 152 Å². The Morgan fingerprint density at radius 2 is 1.87 bits per heavy atom. The maximum atomic E-state index is 12.3. The second-order valence-corrected chi connectivity index (χ2v) is 7.53. The number of hydrogen-bond acceptors (Lipinski definition) is 4. The number of ether oxygens (including phenoxy) is 1. The third-order valence-electron chi connectivity index (χ3n) is 2.94. The maximum absolute atomic E-state index is 12.3. The molecule has 1 aromatic carbocycles. The first-order valence-corrected chi connectivity index (χ1v) is 8.36. The Hall–Kier alpha value is -0.720. The molecule has 1 rings (SSSR count). The molecular weight excluding hydrogens is 361 g/mol. The van der Waals surface area contributed by atoms with Crippen molar-refractivity contribution in [1.82, 2.24) is 15.5 Å². The van der Waals surface area contributed by atoms with Gasteiger partial charge >= 0.3 is 0 Å². The van der Waals surface area contributed by atoms with Crippen LogP contribution in [0.3, 0.4) is 0 Å². The molecule has 0 aliphatic carbocycles. The highest BCUT2D eigenvalue weighted by Crippen LogP contribution is 2.29. The summed E-state index contributed by atoms with van der Waals surface area (Å²) in [5.41, 5.74) is 0.460. The van der Waals surface area contributed by atoms with Crippen LogP contribution in [0, 0.1) is 0 Å². The smallest absolute Gasteiger partial charge is 0.252 e. The summed E-state index contributed by atoms with van der Waals surface area (Å²) < 4.78 is 3.68. The van der Waals surface area contributed by atoms with E-state index in [-0.39, 0.29) is 5.91 Å². The first-order chi connectivity index (χ1) is 10.7. The van der Waals surface area contributed by atoms with Crippen molar-refractivity contribution in [2.45, 2.75) is 16.9 Å². The predicted molar refractivity (Wildman–Crippen MR) is 95.7 cm³/mol. The quantitative estimate of drug-likeness (QED) is 0.536. The van der Waals surface area contributed by atoms with Crippen molar-refractivity contribution in [3.05, 3.63) is 29.8 Å². The highest BCUT2D eigenvalue weighted by Gasteiger charge is 2.33. The van der Waals surface area contributed by atoms with E-state index in [4.69, 9.17) is 39.5 Å². The topological polar surface area (TPSA) is 53.6 Å². The minimum atomic E-state index is -1.66. The van der Waals surface area contributed by atoms with Gasteiger partial charge in [0.1, 0.15) is 11.9 Å². The van der Waals surface area contributed by atoms with Crippen LogP contribution in [0.2, 0.25) is 0 Å². The van der Waals surface area contributed by atoms with Crippen LogP contribution in [0.1, 0.15) is 17.3 Å². The number of hydrogen-bond donors (Lipinski definition) is 2. The number of likely N-dealkylation sites (N-methyl/N-ethyl adjacent to an activating group) is 1. The third kappa shape index (κ3) is 7.59. The Kier molecular flexibility index (Phi) is 8.44. The molecule has 0 heterocycles. The normalized spacial score (nSPS) is 13.0. The predicted octanol–water partition coefficient (Wildman–Crippen LogP) is 2.66. The van der Waals surface area contributed by atoms with E-state index in [0.717, 1.165) is 6.54 Å². The largest absolute Gasteiger partial charge is 0.494 e. The molecule has 0 fully saturated rings. The van der Waals surface area contributed by atoms with Crippen molar-refractivity contribution in [3.8, 4) is 5.75 Å². The summed E-state index contributed by atoms with van der Waals surface area (Å²) in [5, 5.41) is 5.72. The van der Waals surface area contributed by atoms with Crippen molar-refractivity contribution in [3.63, 3.8) is 0 Å². The van der Waals surface area contributed by atoms with Crippen LogP contribution in [-0.2, 0) is 0 Å². The van der Waals surface area contributed by atoms with E-state index in [1.807, 2.05) is 25.9 Å². The van der Waals surface area contributed by atoms with Crippen LogP contribution < -0.4 is 15.4 Å². The molecule has 8 heteroatoms. The number of halogens is 3. The molecule has 0 saturated carbocycles. The monoisotopic (exact) mass is 381 g/mol. The van der Waals surface area contributed by atoms with Gasteiger partial charge in [0, 0.05) is 18.7 Å². The zero-order valence-electron chi connectivity index (χ0n) is 13.4. The van der Waals surface area contributed by atoms with Gasteiger partial charge < -0.3 is 15.0 Å². The van der Waals surface area contributed by atoms with Crippen LogP contribution in [0.15, 0.2) is 24.3 Å². The Bertz CT molecular complexity index is 490. The first kappa shape index (κ1) is 20.3. The van der Waals surface area contributed by atoms with E-state index in [2.05, 4.69) is 10.6 Å². The molecule has 2 N–H and O–H groups in total. The van der Waals surface area contributed by atoms with Crippen LogP contribution in [0.5, 0.6) is 5.75 Å². The van der Waals surface area contributed by atoms with Crippen LogP contribution in [0.25, 0.3) is 0 Å². The Morgan fingerprint density at radius 1 is 1.26 bits per heavy atom. The van der Waals surface area contributed by atoms with Crippen molar-refractivity contribution < 1.29 is 9.53 Å². The van der Waals surface area contributed by atoms with Crippen LogP contribution in [-0.4, -0.2) is 54.6 Å². The standard InChI is InChI=1S/C15H22Cl3N3O2/c1-4-23-12-7-5-11(6-8-12)13(22)20-14(15(16,17)18)19-9-10-21(2)3/h5-8,14,19H,4,9-10H2,1-3H3,(H,20,22). The summed E-state index contributed by atoms with van der Waals surface area (Å²) in [5.74, 6) is 0.368. The second kappa shape index (κ2) is 9.55. The number of nitrogens with one attached hydrogen (secondary N) is 2. The molecule has 0 bridgehead atoms. The van der Waals surface area contributed by atoms with Gasteiger partial charge in [-0.25, -0.2) is 0 Å². The lowest BCUT2D eigenvalue weighted by atomic mass is 10.2. The lowest BCUT2D eigenvalue weighted by Gasteiger charge is -2.27. The van der Waals surface area contributed by atoms with E-state index in [1.165, 1.54) is 0 Å². The number of alkyl halides is 3. The lowest BCUT2D eigenvalue weighted by molar-refractivity contribution is 0.0929. The fourth-order valence-corrected chi connectivity index (χ4v) is 2.16. The second-order valence-electron chi connectivity index (χ2n) is 5.16. The molecule has 0 spiro atoms. The van der Waals surface area contributed by atoms with Gasteiger partial charge in [-0.05, 0) is 45.3 Å². The zero-order chi connectivity index (χ0) is 17.5. The Balaban J connectivity index is 2.68. The van der Waals surface area contributed by atoms with E-state index in [0.29, 0.717) is 24.5 Å². The van der Waals surface area contributed by atoms with Crippen LogP contribution in [0.4, 0.5) is 0 Å². The molecule has 5 nitrogen and oxygen atoms in total. The summed E-state index contributed by atoms with van der Waals surface area (Å²) in [6, 6.07) is 6.77. The molecule has 0 aliphatic heterocycles. The number of benzene rings is 1. The average Bonchev–Trinajstić information content (AvgIpc) is 2.45. The fraction of sp³-hybridized carbons (Fsp3) is 0.533. The van der Waals surface area contributed by atoms with E-state index in [9.17, 15) is 4.79 Å². The number of carbonyl (C=O) groups is 1. The van der Waals surface area contributed by atoms with Gasteiger partial charge in [-0.3, -0.25) is 10.1 Å². The molecule has 0 aliphatic rings. The van der Waals surface area contributed by atoms with E-state index in [1.54, 1.807) is 24.3 Å². The number of amides is 1. The van der Waals surface area contributed by atoms with Crippen molar-refractivity contribution in [2.75, 3.05) is 33.8 Å². The van der Waals surface area contributed by atoms with Crippen molar-refractivity contribution >= 4 is 40.7 Å². The summed E-state index contributed by atoms with van der Waals surface area (Å²) >= 11 is 17.8. The average molecular weight is 383 g/mol. The highest BCUT2D eigenvalue weighted by atomic mass is 35.6.